The Kier molecular flexibility index (Phi) is 2.77. The van der Waals surface area contributed by atoms with E-state index in [9.17, 15) is 10.2 Å². The Morgan fingerprint density at radius 1 is 0.800 bits per heavy atom. The van der Waals surface area contributed by atoms with Crippen molar-refractivity contribution in [1.29, 1.82) is 5.26 Å². The summed E-state index contributed by atoms with van der Waals surface area (Å²) in [5.41, 5.74) is 2.03. The van der Waals surface area contributed by atoms with Gasteiger partial charge in [0.25, 0.3) is 0 Å². The van der Waals surface area contributed by atoms with Gasteiger partial charge in [-0.15, -0.1) is 0 Å². The van der Waals surface area contributed by atoms with Gasteiger partial charge in [0.2, 0.25) is 0 Å². The second-order valence-electron chi connectivity index (χ2n) is 4.56. The second kappa shape index (κ2) is 4.60. The molecule has 2 N–H and O–H groups in total. The van der Waals surface area contributed by atoms with Gasteiger partial charge >= 0.3 is 0 Å². The number of nitriles is 1. The lowest BCUT2D eigenvalue weighted by atomic mass is 9.99. The smallest absolute Gasteiger partial charge is 0.133 e. The Labute approximate surface area is 116 Å². The molecule has 3 aromatic carbocycles. The largest absolute Gasteiger partial charge is 0.507 e. The molecule has 3 aromatic rings. The lowest BCUT2D eigenvalue weighted by molar-refractivity contribution is 0.473. The van der Waals surface area contributed by atoms with Crippen LogP contribution in [0.15, 0.2) is 54.6 Å². The predicted molar refractivity (Wildman–Crippen MR) is 77.4 cm³/mol. The molecule has 0 fully saturated rings. The van der Waals surface area contributed by atoms with Gasteiger partial charge in [-0.05, 0) is 40.8 Å². The number of hydrogen-bond acceptors (Lipinski definition) is 3. The monoisotopic (exact) mass is 261 g/mol. The molecule has 0 saturated heterocycles. The van der Waals surface area contributed by atoms with E-state index in [1.807, 2.05) is 30.3 Å². The Morgan fingerprint density at radius 2 is 1.55 bits per heavy atom. The molecule has 0 bridgehead atoms. The molecule has 0 amide bonds. The minimum atomic E-state index is -0.0188. The molecule has 3 nitrogen and oxygen atoms in total. The summed E-state index contributed by atoms with van der Waals surface area (Å²) >= 11 is 0. The van der Waals surface area contributed by atoms with E-state index in [1.165, 1.54) is 6.07 Å². The van der Waals surface area contributed by atoms with Gasteiger partial charge in [0.1, 0.15) is 17.6 Å². The highest BCUT2D eigenvalue weighted by Crippen LogP contribution is 2.31. The Hall–Kier alpha value is -2.99. The van der Waals surface area contributed by atoms with Gasteiger partial charge < -0.3 is 10.2 Å². The molecule has 20 heavy (non-hydrogen) atoms. The van der Waals surface area contributed by atoms with Gasteiger partial charge in [0.05, 0.1) is 5.56 Å². The first kappa shape index (κ1) is 12.1. The third-order valence-corrected chi connectivity index (χ3v) is 3.31. The van der Waals surface area contributed by atoms with Crippen molar-refractivity contribution in [2.75, 3.05) is 0 Å². The summed E-state index contributed by atoms with van der Waals surface area (Å²) in [5, 5.41) is 30.0. The van der Waals surface area contributed by atoms with Crippen LogP contribution in [0.1, 0.15) is 5.56 Å². The number of phenols is 2. The van der Waals surface area contributed by atoms with Gasteiger partial charge in [-0.2, -0.15) is 5.26 Å². The average Bonchev–Trinajstić information content (AvgIpc) is 2.47. The van der Waals surface area contributed by atoms with Crippen LogP contribution < -0.4 is 0 Å². The number of nitrogens with zero attached hydrogens (tertiary/aromatic N) is 1. The molecule has 0 aliphatic heterocycles. The van der Waals surface area contributed by atoms with E-state index in [1.54, 1.807) is 24.3 Å². The van der Waals surface area contributed by atoms with Crippen LogP contribution in [-0.2, 0) is 0 Å². The SMILES string of the molecule is N#Cc1cc(-c2ccc3c(O)cccc3c2)ccc1O. The van der Waals surface area contributed by atoms with Crippen LogP contribution in [0.4, 0.5) is 0 Å². The van der Waals surface area contributed by atoms with E-state index in [2.05, 4.69) is 0 Å². The van der Waals surface area contributed by atoms with Crippen molar-refractivity contribution >= 4 is 10.8 Å². The second-order valence-corrected chi connectivity index (χ2v) is 4.56. The molecule has 96 valence electrons. The van der Waals surface area contributed by atoms with Crippen LogP contribution in [0.25, 0.3) is 21.9 Å². The summed E-state index contributed by atoms with van der Waals surface area (Å²) in [6.07, 6.45) is 0. The van der Waals surface area contributed by atoms with Crippen molar-refractivity contribution in [1.82, 2.24) is 0 Å². The fourth-order valence-corrected chi connectivity index (χ4v) is 2.25. The highest BCUT2D eigenvalue weighted by molar-refractivity contribution is 5.91. The average molecular weight is 261 g/mol. The van der Waals surface area contributed by atoms with Gasteiger partial charge in [-0.3, -0.25) is 0 Å². The molecule has 3 rings (SSSR count). The number of phenolic OH excluding ortho intramolecular Hbond substituents is 2. The zero-order valence-corrected chi connectivity index (χ0v) is 10.5. The Bertz CT molecular complexity index is 847. The van der Waals surface area contributed by atoms with Crippen LogP contribution in [-0.4, -0.2) is 10.2 Å². The molecule has 0 aliphatic rings. The molecule has 0 aromatic heterocycles. The van der Waals surface area contributed by atoms with E-state index in [0.29, 0.717) is 0 Å². The third-order valence-electron chi connectivity index (χ3n) is 3.31. The van der Waals surface area contributed by atoms with E-state index in [4.69, 9.17) is 5.26 Å². The fourth-order valence-electron chi connectivity index (χ4n) is 2.25. The van der Waals surface area contributed by atoms with E-state index < -0.39 is 0 Å². The molecule has 0 aliphatic carbocycles. The van der Waals surface area contributed by atoms with E-state index in [0.717, 1.165) is 21.9 Å². The third kappa shape index (κ3) is 1.94. The summed E-state index contributed by atoms with van der Waals surface area (Å²) in [7, 11) is 0. The number of aromatic hydroxyl groups is 2. The van der Waals surface area contributed by atoms with E-state index in [-0.39, 0.29) is 17.1 Å². The maximum Gasteiger partial charge on any atom is 0.133 e. The first-order chi connectivity index (χ1) is 9.69. The van der Waals surface area contributed by atoms with Crippen molar-refractivity contribution in [2.24, 2.45) is 0 Å². The molecule has 0 saturated carbocycles. The molecule has 0 spiro atoms. The summed E-state index contributed by atoms with van der Waals surface area (Å²) in [5.74, 6) is 0.229. The van der Waals surface area contributed by atoms with Crippen molar-refractivity contribution in [2.45, 2.75) is 0 Å². The normalized spacial score (nSPS) is 10.3. The lowest BCUT2D eigenvalue weighted by Gasteiger charge is -2.06. The molecule has 0 unspecified atom stereocenters. The zero-order valence-electron chi connectivity index (χ0n) is 10.5. The zero-order chi connectivity index (χ0) is 14.1. The standard InChI is InChI=1S/C17H11NO2/c18-10-14-9-12(5-7-16(14)19)11-4-6-15-13(8-11)2-1-3-17(15)20/h1-9,19-20H. The quantitative estimate of drug-likeness (QED) is 0.700. The van der Waals surface area contributed by atoms with Crippen LogP contribution in [0.2, 0.25) is 0 Å². The number of fused-ring (bicyclic) bond motifs is 1. The molecular formula is C17H11NO2. The molecule has 0 radical (unpaired) electrons. The summed E-state index contributed by atoms with van der Waals surface area (Å²) < 4.78 is 0. The van der Waals surface area contributed by atoms with Gasteiger partial charge in [-0.1, -0.05) is 30.3 Å². The summed E-state index contributed by atoms with van der Waals surface area (Å²) in [6, 6.07) is 17.9. The van der Waals surface area contributed by atoms with Gasteiger partial charge in [-0.25, -0.2) is 0 Å². The topological polar surface area (TPSA) is 64.2 Å². The summed E-state index contributed by atoms with van der Waals surface area (Å²) in [6.45, 7) is 0. The molecule has 3 heteroatoms. The molecular weight excluding hydrogens is 250 g/mol. The van der Waals surface area contributed by atoms with Gasteiger partial charge in [0, 0.05) is 5.39 Å². The number of rotatable bonds is 1. The maximum atomic E-state index is 9.78. The predicted octanol–water partition coefficient (Wildman–Crippen LogP) is 3.79. The van der Waals surface area contributed by atoms with Crippen LogP contribution >= 0.6 is 0 Å². The highest BCUT2D eigenvalue weighted by atomic mass is 16.3. The summed E-state index contributed by atoms with van der Waals surface area (Å²) in [4.78, 5) is 0. The minimum Gasteiger partial charge on any atom is -0.507 e. The number of benzene rings is 3. The van der Waals surface area contributed by atoms with Crippen molar-refractivity contribution in [3.8, 4) is 28.7 Å². The lowest BCUT2D eigenvalue weighted by Crippen LogP contribution is -1.82. The first-order valence-corrected chi connectivity index (χ1v) is 6.14. The number of hydrogen-bond donors (Lipinski definition) is 2. The van der Waals surface area contributed by atoms with E-state index >= 15 is 0 Å². The highest BCUT2D eigenvalue weighted by Gasteiger charge is 2.06. The van der Waals surface area contributed by atoms with Crippen LogP contribution in [0.3, 0.4) is 0 Å². The Balaban J connectivity index is 2.18. The van der Waals surface area contributed by atoms with Crippen LogP contribution in [0, 0.1) is 11.3 Å². The van der Waals surface area contributed by atoms with Crippen molar-refractivity contribution < 1.29 is 10.2 Å². The van der Waals surface area contributed by atoms with Crippen molar-refractivity contribution in [3.05, 3.63) is 60.2 Å². The minimum absolute atomic E-state index is 0.0188. The maximum absolute atomic E-state index is 9.78. The van der Waals surface area contributed by atoms with Crippen molar-refractivity contribution in [3.63, 3.8) is 0 Å². The molecule has 0 heterocycles. The molecule has 0 atom stereocenters. The first-order valence-electron chi connectivity index (χ1n) is 6.14. The van der Waals surface area contributed by atoms with Crippen LogP contribution in [0.5, 0.6) is 11.5 Å². The van der Waals surface area contributed by atoms with Gasteiger partial charge in [0.15, 0.2) is 0 Å². The fraction of sp³-hybridized carbons (Fsp3) is 0. The Morgan fingerprint density at radius 3 is 2.35 bits per heavy atom.